The molecule has 0 spiro atoms. The lowest BCUT2D eigenvalue weighted by atomic mass is 9.86. The maximum atomic E-state index is 12.3. The Balaban J connectivity index is 1.91. The molecule has 2 aromatic heterocycles. The second-order valence-corrected chi connectivity index (χ2v) is 10.6. The van der Waals surface area contributed by atoms with Crippen molar-refractivity contribution in [1.82, 2.24) is 4.98 Å². The number of nitrogens with one attached hydrogen (secondary N) is 1. The molecule has 0 saturated heterocycles. The van der Waals surface area contributed by atoms with Gasteiger partial charge in [0.05, 0.1) is 11.1 Å². The van der Waals surface area contributed by atoms with E-state index in [1.807, 2.05) is 6.07 Å². The Morgan fingerprint density at radius 2 is 2.06 bits per heavy atom. The first-order valence-corrected chi connectivity index (χ1v) is 12.7. The largest absolute Gasteiger partial charge is 0.365 e. The van der Waals surface area contributed by atoms with Gasteiger partial charge in [0.25, 0.3) is 5.91 Å². The van der Waals surface area contributed by atoms with Crippen LogP contribution in [0.5, 0.6) is 0 Å². The normalized spacial score (nSPS) is 14.7. The smallest absolute Gasteiger partial charge is 0.259 e. The maximum absolute atomic E-state index is 12.3. The van der Waals surface area contributed by atoms with Gasteiger partial charge < -0.3 is 10.5 Å². The van der Waals surface area contributed by atoms with Crippen molar-refractivity contribution in [2.24, 2.45) is 5.73 Å². The van der Waals surface area contributed by atoms with Crippen molar-refractivity contribution < 1.29 is 18.0 Å². The summed E-state index contributed by atoms with van der Waals surface area (Å²) in [5.74, 6) is -1.00. The van der Waals surface area contributed by atoms with E-state index < -0.39 is 21.8 Å². The fraction of sp³-hybridized carbons (Fsp3) is 0.318. The van der Waals surface area contributed by atoms with E-state index in [1.54, 1.807) is 18.2 Å². The number of aryl methyl sites for hydroxylation is 2. The number of carbonyl (C=O) groups is 2. The van der Waals surface area contributed by atoms with Crippen molar-refractivity contribution in [1.29, 1.82) is 0 Å². The van der Waals surface area contributed by atoms with Crippen LogP contribution in [0.3, 0.4) is 0 Å². The number of benzene rings is 1. The fourth-order valence-electron chi connectivity index (χ4n) is 4.24. The SMILES string of the molecule is CS(=O)(=O)Nc1cccc([C@@H](CC=O)c2c(C(N)=O)sc3nc4c(cc23)CCCC4)c1. The van der Waals surface area contributed by atoms with Crippen molar-refractivity contribution in [3.8, 4) is 0 Å². The molecular weight excluding hydrogens is 434 g/mol. The first kappa shape index (κ1) is 21.5. The summed E-state index contributed by atoms with van der Waals surface area (Å²) in [4.78, 5) is 29.9. The zero-order valence-electron chi connectivity index (χ0n) is 17.1. The zero-order chi connectivity index (χ0) is 22.2. The predicted octanol–water partition coefficient (Wildman–Crippen LogP) is 3.37. The summed E-state index contributed by atoms with van der Waals surface area (Å²) in [6.07, 6.45) is 6.06. The molecule has 1 atom stereocenters. The molecule has 0 fully saturated rings. The predicted molar refractivity (Wildman–Crippen MR) is 122 cm³/mol. The van der Waals surface area contributed by atoms with Gasteiger partial charge in [-0.3, -0.25) is 9.52 Å². The number of aromatic nitrogens is 1. The monoisotopic (exact) mass is 457 g/mol. The molecule has 4 rings (SSSR count). The molecule has 162 valence electrons. The number of sulfonamides is 1. The van der Waals surface area contributed by atoms with Gasteiger partial charge in [0.2, 0.25) is 10.0 Å². The topological polar surface area (TPSA) is 119 Å². The van der Waals surface area contributed by atoms with Crippen molar-refractivity contribution in [2.45, 2.75) is 38.0 Å². The number of anilines is 1. The van der Waals surface area contributed by atoms with Gasteiger partial charge in [-0.2, -0.15) is 0 Å². The number of primary amides is 1. The first-order valence-electron chi connectivity index (χ1n) is 10.0. The minimum Gasteiger partial charge on any atom is -0.365 e. The van der Waals surface area contributed by atoms with E-state index in [0.29, 0.717) is 16.1 Å². The molecule has 3 N–H and O–H groups in total. The van der Waals surface area contributed by atoms with E-state index in [1.165, 1.54) is 16.9 Å². The van der Waals surface area contributed by atoms with Gasteiger partial charge in [0.15, 0.2) is 0 Å². The Hall–Kier alpha value is -2.78. The highest BCUT2D eigenvalue weighted by atomic mass is 32.2. The number of amides is 1. The highest BCUT2D eigenvalue weighted by Crippen LogP contribution is 2.41. The second-order valence-electron chi connectivity index (χ2n) is 7.82. The average Bonchev–Trinajstić information content (AvgIpc) is 3.07. The Bertz CT molecular complexity index is 1280. The summed E-state index contributed by atoms with van der Waals surface area (Å²) in [6, 6.07) is 8.96. The molecule has 0 aliphatic heterocycles. The molecule has 3 aromatic rings. The Labute approximate surface area is 184 Å². The van der Waals surface area contributed by atoms with Gasteiger partial charge in [0.1, 0.15) is 11.1 Å². The number of fused-ring (bicyclic) bond motifs is 2. The summed E-state index contributed by atoms with van der Waals surface area (Å²) in [5.41, 5.74) is 9.77. The number of nitrogens with two attached hydrogens (primary N) is 1. The maximum Gasteiger partial charge on any atom is 0.259 e. The highest BCUT2D eigenvalue weighted by molar-refractivity contribution is 7.92. The van der Waals surface area contributed by atoms with E-state index in [-0.39, 0.29) is 6.42 Å². The third-order valence-corrected chi connectivity index (χ3v) is 7.23. The van der Waals surface area contributed by atoms with E-state index >= 15 is 0 Å². The molecule has 2 heterocycles. The summed E-state index contributed by atoms with van der Waals surface area (Å²) in [6.45, 7) is 0. The van der Waals surface area contributed by atoms with Crippen LogP contribution in [0.25, 0.3) is 10.2 Å². The molecule has 0 unspecified atom stereocenters. The van der Waals surface area contributed by atoms with Crippen LogP contribution in [0.1, 0.15) is 57.2 Å². The van der Waals surface area contributed by atoms with E-state index in [4.69, 9.17) is 10.7 Å². The van der Waals surface area contributed by atoms with Crippen molar-refractivity contribution in [3.05, 3.63) is 57.6 Å². The van der Waals surface area contributed by atoms with E-state index in [0.717, 1.165) is 59.7 Å². The van der Waals surface area contributed by atoms with Crippen LogP contribution in [0, 0.1) is 0 Å². The highest BCUT2D eigenvalue weighted by Gasteiger charge is 2.27. The minimum absolute atomic E-state index is 0.130. The van der Waals surface area contributed by atoms with Gasteiger partial charge in [-0.25, -0.2) is 13.4 Å². The number of carbonyl (C=O) groups excluding carboxylic acids is 2. The summed E-state index contributed by atoms with van der Waals surface area (Å²) < 4.78 is 25.8. The van der Waals surface area contributed by atoms with Crippen LogP contribution in [-0.2, 0) is 27.7 Å². The van der Waals surface area contributed by atoms with E-state index in [2.05, 4.69) is 10.8 Å². The van der Waals surface area contributed by atoms with E-state index in [9.17, 15) is 18.0 Å². The molecule has 0 radical (unpaired) electrons. The summed E-state index contributed by atoms with van der Waals surface area (Å²) in [7, 11) is -3.45. The molecule has 7 nitrogen and oxygen atoms in total. The van der Waals surface area contributed by atoms with Crippen LogP contribution in [0.15, 0.2) is 30.3 Å². The number of thiophene rings is 1. The van der Waals surface area contributed by atoms with Crippen molar-refractivity contribution in [3.63, 3.8) is 0 Å². The number of pyridine rings is 1. The zero-order valence-corrected chi connectivity index (χ0v) is 18.7. The number of hydrogen-bond acceptors (Lipinski definition) is 6. The number of aldehydes is 1. The lowest BCUT2D eigenvalue weighted by Gasteiger charge is -2.19. The number of rotatable bonds is 7. The Kier molecular flexibility index (Phi) is 5.81. The van der Waals surface area contributed by atoms with Crippen molar-refractivity contribution in [2.75, 3.05) is 11.0 Å². The Morgan fingerprint density at radius 1 is 1.29 bits per heavy atom. The third-order valence-electron chi connectivity index (χ3n) is 5.50. The van der Waals surface area contributed by atoms with Crippen LogP contribution in [0.2, 0.25) is 0 Å². The lowest BCUT2D eigenvalue weighted by molar-refractivity contribution is -0.108. The third kappa shape index (κ3) is 4.47. The second kappa shape index (κ2) is 8.39. The van der Waals surface area contributed by atoms with Crippen LogP contribution in [0.4, 0.5) is 5.69 Å². The molecule has 1 amide bonds. The standard InChI is InChI=1S/C22H23N3O4S2/c1-31(28,29)25-15-7-4-6-13(11-15)16(9-10-26)19-17-12-14-5-2-3-8-18(14)24-22(17)30-20(19)21(23)27/h4,6-7,10-12,16,25H,2-3,5,8-9H2,1H3,(H2,23,27)/t16-/m1/s1. The molecule has 9 heteroatoms. The summed E-state index contributed by atoms with van der Waals surface area (Å²) >= 11 is 1.25. The van der Waals surface area contributed by atoms with Crippen LogP contribution in [-0.4, -0.2) is 31.9 Å². The molecular formula is C22H23N3O4S2. The molecule has 1 aliphatic carbocycles. The summed E-state index contributed by atoms with van der Waals surface area (Å²) in [5, 5.41) is 0.841. The van der Waals surface area contributed by atoms with Crippen LogP contribution >= 0.6 is 11.3 Å². The molecule has 31 heavy (non-hydrogen) atoms. The van der Waals surface area contributed by atoms with Gasteiger partial charge in [-0.05, 0) is 60.6 Å². The van der Waals surface area contributed by atoms with Gasteiger partial charge in [0, 0.05) is 29.1 Å². The Morgan fingerprint density at radius 3 is 2.77 bits per heavy atom. The molecule has 0 bridgehead atoms. The lowest BCUT2D eigenvalue weighted by Crippen LogP contribution is -2.14. The quantitative estimate of drug-likeness (QED) is 0.527. The van der Waals surface area contributed by atoms with Gasteiger partial charge >= 0.3 is 0 Å². The van der Waals surface area contributed by atoms with Crippen LogP contribution < -0.4 is 10.5 Å². The fourth-order valence-corrected chi connectivity index (χ4v) is 5.88. The average molecular weight is 458 g/mol. The number of nitrogens with zero attached hydrogens (tertiary/aromatic N) is 1. The first-order chi connectivity index (χ1) is 14.8. The minimum atomic E-state index is -3.45. The number of hydrogen-bond donors (Lipinski definition) is 2. The molecule has 1 aliphatic rings. The van der Waals surface area contributed by atoms with Crippen molar-refractivity contribution >= 4 is 49.5 Å². The molecule has 1 aromatic carbocycles. The molecule has 0 saturated carbocycles. The van der Waals surface area contributed by atoms with Gasteiger partial charge in [-0.15, -0.1) is 11.3 Å². The van der Waals surface area contributed by atoms with Gasteiger partial charge in [-0.1, -0.05) is 12.1 Å².